The second-order valence-corrected chi connectivity index (χ2v) is 13.3. The highest BCUT2D eigenvalue weighted by Crippen LogP contribution is 2.45. The van der Waals surface area contributed by atoms with Crippen molar-refractivity contribution in [1.29, 1.82) is 0 Å². The van der Waals surface area contributed by atoms with Gasteiger partial charge in [0, 0.05) is 44.1 Å². The Kier molecular flexibility index (Phi) is 8.00. The number of amides is 1. The summed E-state index contributed by atoms with van der Waals surface area (Å²) in [7, 11) is 1.97. The maximum absolute atomic E-state index is 14.3. The first-order chi connectivity index (χ1) is 20.9. The van der Waals surface area contributed by atoms with E-state index in [-0.39, 0.29) is 52.8 Å². The van der Waals surface area contributed by atoms with Gasteiger partial charge in [0.05, 0.1) is 22.5 Å². The number of aromatic nitrogens is 3. The zero-order chi connectivity index (χ0) is 31.4. The predicted molar refractivity (Wildman–Crippen MR) is 162 cm³/mol. The average molecular weight is 614 g/mol. The molecule has 2 aromatic heterocycles. The summed E-state index contributed by atoms with van der Waals surface area (Å²) < 4.78 is 49.3. The molecule has 0 saturated carbocycles. The van der Waals surface area contributed by atoms with Crippen LogP contribution < -0.4 is 15.4 Å². The lowest BCUT2D eigenvalue weighted by atomic mass is 9.75. The van der Waals surface area contributed by atoms with Crippen molar-refractivity contribution in [3.8, 4) is 6.01 Å². The molecule has 4 aliphatic rings. The fourth-order valence-corrected chi connectivity index (χ4v) is 7.98. The average Bonchev–Trinajstić information content (AvgIpc) is 3.52. The quantitative estimate of drug-likeness (QED) is 0.438. The molecule has 0 bridgehead atoms. The van der Waals surface area contributed by atoms with Crippen LogP contribution in [0.1, 0.15) is 66.6 Å². The van der Waals surface area contributed by atoms with E-state index in [0.29, 0.717) is 38.4 Å². The molecule has 3 aliphatic heterocycles. The van der Waals surface area contributed by atoms with E-state index in [1.165, 1.54) is 19.1 Å². The molecule has 0 spiro atoms. The molecule has 5 heterocycles. The highest BCUT2D eigenvalue weighted by atomic mass is 19.4. The Hall–Kier alpha value is -3.41. The van der Waals surface area contributed by atoms with Crippen LogP contribution in [0, 0.1) is 18.8 Å². The predicted octanol–water partition coefficient (Wildman–Crippen LogP) is 4.39. The number of ether oxygens (including phenoxy) is 1. The summed E-state index contributed by atoms with van der Waals surface area (Å²) in [5.41, 5.74) is 6.96. The lowest BCUT2D eigenvalue weighted by Gasteiger charge is -2.41. The number of anilines is 2. The highest BCUT2D eigenvalue weighted by molar-refractivity contribution is 5.87. The largest absolute Gasteiger partial charge is 0.461 e. The number of hydrogen-bond acceptors (Lipinski definition) is 8. The molecular weight excluding hydrogens is 571 g/mol. The molecule has 2 aromatic rings. The minimum Gasteiger partial charge on any atom is -0.461 e. The first-order valence-corrected chi connectivity index (χ1v) is 15.6. The summed E-state index contributed by atoms with van der Waals surface area (Å²) >= 11 is 0. The van der Waals surface area contributed by atoms with Crippen LogP contribution in [0.5, 0.6) is 6.01 Å². The lowest BCUT2D eigenvalue weighted by Crippen LogP contribution is -2.53. The van der Waals surface area contributed by atoms with Gasteiger partial charge in [-0.1, -0.05) is 13.5 Å². The van der Waals surface area contributed by atoms with Crippen LogP contribution in [0.15, 0.2) is 18.7 Å². The molecule has 3 saturated heterocycles. The van der Waals surface area contributed by atoms with Crippen molar-refractivity contribution in [1.82, 2.24) is 24.8 Å². The topological polar surface area (TPSA) is 101 Å². The molecule has 0 radical (unpaired) electrons. The maximum Gasteiger partial charge on any atom is 0.418 e. The van der Waals surface area contributed by atoms with E-state index in [4.69, 9.17) is 20.4 Å². The number of nitrogens with zero attached hydrogens (tertiary/aromatic N) is 6. The molecule has 2 N–H and O–H groups in total. The van der Waals surface area contributed by atoms with Gasteiger partial charge in [-0.25, -0.2) is 4.98 Å². The van der Waals surface area contributed by atoms with Gasteiger partial charge in [0.1, 0.15) is 18.2 Å². The van der Waals surface area contributed by atoms with Crippen molar-refractivity contribution in [3.05, 3.63) is 46.8 Å². The molecule has 9 nitrogen and oxygen atoms in total. The maximum atomic E-state index is 14.3. The third-order valence-electron chi connectivity index (χ3n) is 10.2. The lowest BCUT2D eigenvalue weighted by molar-refractivity contribution is -0.139. The summed E-state index contributed by atoms with van der Waals surface area (Å²) in [5, 5.41) is 0. The highest BCUT2D eigenvalue weighted by Gasteiger charge is 2.46. The Morgan fingerprint density at radius 1 is 1.20 bits per heavy atom. The number of pyridine rings is 1. The van der Waals surface area contributed by atoms with Gasteiger partial charge in [-0.3, -0.25) is 9.69 Å². The summed E-state index contributed by atoms with van der Waals surface area (Å²) in [6, 6.07) is 1.55. The molecule has 44 heavy (non-hydrogen) atoms. The first kappa shape index (κ1) is 30.6. The van der Waals surface area contributed by atoms with Gasteiger partial charge >= 0.3 is 12.2 Å². The molecular formula is C32H42F3N7O2. The Balaban J connectivity index is 1.32. The first-order valence-electron chi connectivity index (χ1n) is 15.6. The van der Waals surface area contributed by atoms with E-state index < -0.39 is 17.7 Å². The van der Waals surface area contributed by atoms with Gasteiger partial charge in [0.2, 0.25) is 5.91 Å². The van der Waals surface area contributed by atoms with Crippen LogP contribution in [0.2, 0.25) is 0 Å². The monoisotopic (exact) mass is 613 g/mol. The molecule has 6 rings (SSSR count). The second kappa shape index (κ2) is 11.5. The third kappa shape index (κ3) is 5.61. The number of hydrogen-bond donors (Lipinski definition) is 1. The summed E-state index contributed by atoms with van der Waals surface area (Å²) in [4.78, 5) is 32.4. The van der Waals surface area contributed by atoms with Crippen LogP contribution in [0.3, 0.4) is 0 Å². The molecule has 0 aromatic carbocycles. The van der Waals surface area contributed by atoms with E-state index in [1.807, 2.05) is 14.0 Å². The van der Waals surface area contributed by atoms with Crippen LogP contribution >= 0.6 is 0 Å². The number of alkyl halides is 3. The smallest absolute Gasteiger partial charge is 0.418 e. The van der Waals surface area contributed by atoms with E-state index in [2.05, 4.69) is 21.4 Å². The summed E-state index contributed by atoms with van der Waals surface area (Å²) in [6.07, 6.45) is 1.99. The van der Waals surface area contributed by atoms with Crippen molar-refractivity contribution in [3.63, 3.8) is 0 Å². The number of carbonyl (C=O) groups excluding carboxylic acids is 1. The van der Waals surface area contributed by atoms with Gasteiger partial charge < -0.3 is 20.3 Å². The number of aryl methyl sites for hydroxylation is 1. The Morgan fingerprint density at radius 2 is 1.91 bits per heavy atom. The van der Waals surface area contributed by atoms with E-state index >= 15 is 0 Å². The zero-order valence-corrected chi connectivity index (χ0v) is 25.8. The summed E-state index contributed by atoms with van der Waals surface area (Å²) in [6.45, 7) is 11.6. The minimum absolute atomic E-state index is 0.0000779. The number of carbonyl (C=O) groups is 1. The number of nitrogen functional groups attached to an aromatic ring is 1. The second-order valence-electron chi connectivity index (χ2n) is 13.3. The number of fused-ring (bicyclic) bond motifs is 2. The number of rotatable bonds is 8. The standard InChI is InChI=1S/C32H42F3N7O2/c1-5-26(43)41-16-21(17-41)15-40(4)29-23-12-19(2)22(28-27(32(33,34)35)20(3)13-25(36)38-28)14-24(23)37-30(39-29)44-18-31-8-6-10-42(31)11-7-9-31/h5,13,19,21-22H,1,6-12,14-18H2,2-4H3,(H2,36,38). The van der Waals surface area contributed by atoms with Gasteiger partial charge in [0.15, 0.2) is 0 Å². The molecule has 2 atom stereocenters. The minimum atomic E-state index is -4.55. The Morgan fingerprint density at radius 3 is 2.57 bits per heavy atom. The zero-order valence-electron chi connectivity index (χ0n) is 25.8. The van der Waals surface area contributed by atoms with E-state index in [9.17, 15) is 18.0 Å². The van der Waals surface area contributed by atoms with Crippen LogP contribution in [0.25, 0.3) is 0 Å². The van der Waals surface area contributed by atoms with Gasteiger partial charge in [-0.2, -0.15) is 23.1 Å². The normalized spacial score (nSPS) is 23.2. The van der Waals surface area contributed by atoms with E-state index in [0.717, 1.165) is 50.2 Å². The van der Waals surface area contributed by atoms with Gasteiger partial charge in [-0.15, -0.1) is 0 Å². The third-order valence-corrected chi connectivity index (χ3v) is 10.2. The molecule has 3 fully saturated rings. The molecule has 238 valence electrons. The Bertz CT molecular complexity index is 1430. The molecule has 1 aliphatic carbocycles. The van der Waals surface area contributed by atoms with Crippen molar-refractivity contribution in [2.75, 3.05) is 57.0 Å². The van der Waals surface area contributed by atoms with Crippen molar-refractivity contribution < 1.29 is 22.7 Å². The number of likely N-dealkylation sites (tertiary alicyclic amines) is 1. The summed E-state index contributed by atoms with van der Waals surface area (Å²) in [5.74, 6) is 0.334. The number of halogens is 3. The van der Waals surface area contributed by atoms with Crippen LogP contribution in [-0.2, 0) is 23.8 Å². The van der Waals surface area contributed by atoms with Crippen LogP contribution in [-0.4, -0.2) is 82.6 Å². The fourth-order valence-electron chi connectivity index (χ4n) is 7.98. The Labute approximate surface area is 256 Å². The van der Waals surface area contributed by atoms with Crippen molar-refractivity contribution in [2.24, 2.45) is 11.8 Å². The fraction of sp³-hybridized carbons (Fsp3) is 0.625. The van der Waals surface area contributed by atoms with E-state index in [1.54, 1.807) is 4.90 Å². The van der Waals surface area contributed by atoms with Gasteiger partial charge in [0.25, 0.3) is 0 Å². The van der Waals surface area contributed by atoms with Crippen molar-refractivity contribution >= 4 is 17.5 Å². The molecule has 2 unspecified atom stereocenters. The SMILES string of the molecule is C=CC(=O)N1CC(CN(C)c2nc(OCC34CCCN3CCC4)nc3c2CC(C)C(c2nc(N)cc(C)c2C(F)(F)F)C3)C1. The number of nitrogens with two attached hydrogens (primary N) is 1. The molecule has 1 amide bonds. The van der Waals surface area contributed by atoms with Gasteiger partial charge in [-0.05, 0) is 82.2 Å². The van der Waals surface area contributed by atoms with Crippen LogP contribution in [0.4, 0.5) is 24.8 Å². The molecule has 12 heteroatoms. The van der Waals surface area contributed by atoms with Crippen molar-refractivity contribution in [2.45, 2.75) is 70.0 Å².